The minimum atomic E-state index is -4.19. The lowest BCUT2D eigenvalue weighted by Gasteiger charge is -2.01. The maximum absolute atomic E-state index is 13.2. The average molecular weight is 705 g/mol. The number of alkyl halides is 3. The zero-order valence-corrected chi connectivity index (χ0v) is 24.0. The highest BCUT2D eigenvalue weighted by atomic mass is 35.7. The molecule has 39 heavy (non-hydrogen) atoms. The Morgan fingerprint density at radius 1 is 0.769 bits per heavy atom. The molecule has 0 aromatic heterocycles. The molecule has 0 unspecified atom stereocenters. The van der Waals surface area contributed by atoms with Crippen molar-refractivity contribution >= 4 is 74.6 Å². The summed E-state index contributed by atoms with van der Waals surface area (Å²) in [6, 6.07) is 13.4. The van der Waals surface area contributed by atoms with Crippen molar-refractivity contribution < 1.29 is 57.4 Å². The van der Waals surface area contributed by atoms with Crippen molar-refractivity contribution in [2.24, 2.45) is 0 Å². The minimum absolute atomic E-state index is 0.252. The number of rotatable bonds is 3. The van der Waals surface area contributed by atoms with E-state index in [-0.39, 0.29) is 11.5 Å². The van der Waals surface area contributed by atoms with E-state index in [1.54, 1.807) is 6.07 Å². The van der Waals surface area contributed by atoms with Gasteiger partial charge < -0.3 is 14.6 Å². The summed E-state index contributed by atoms with van der Waals surface area (Å²) >= 11 is 14.4. The van der Waals surface area contributed by atoms with Crippen LogP contribution in [-0.2, 0) is 18.4 Å². The molecule has 0 saturated heterocycles. The van der Waals surface area contributed by atoms with Crippen molar-refractivity contribution in [3.63, 3.8) is 0 Å². The van der Waals surface area contributed by atoms with E-state index in [9.17, 15) is 21.6 Å². The molecule has 0 radical (unpaired) electrons. The van der Waals surface area contributed by atoms with E-state index in [1.165, 1.54) is 36.4 Å². The van der Waals surface area contributed by atoms with Crippen LogP contribution in [0.2, 0.25) is 0 Å². The van der Waals surface area contributed by atoms with E-state index in [4.69, 9.17) is 71.8 Å². The lowest BCUT2D eigenvalue weighted by Crippen LogP contribution is -1.94. The number of phenolic OH excluding ortho intramolecular Hbond substituents is 1. The highest BCUT2D eigenvalue weighted by Gasteiger charge is 2.12. The molecule has 0 aliphatic heterocycles. The molecule has 2 N–H and O–H groups in total. The molecule has 0 aliphatic rings. The summed E-state index contributed by atoms with van der Waals surface area (Å²) < 4.78 is 133. The number of ether oxygens (including phenoxy) is 2. The van der Waals surface area contributed by atoms with Crippen LogP contribution >= 0.6 is 56.2 Å². The first-order valence-electron chi connectivity index (χ1n) is 12.0. The lowest BCUT2D eigenvalue weighted by atomic mass is 10.3. The molecule has 0 atom stereocenters. The van der Waals surface area contributed by atoms with Gasteiger partial charge in [0, 0.05) is 21.4 Å². The minimum Gasteiger partial charge on any atom is -0.505 e. The van der Waals surface area contributed by atoms with Crippen molar-refractivity contribution in [3.05, 3.63) is 84.2 Å². The van der Waals surface area contributed by atoms with Gasteiger partial charge in [-0.15, -0.1) is 0 Å². The van der Waals surface area contributed by atoms with Crippen molar-refractivity contribution in [3.8, 4) is 17.2 Å². The van der Waals surface area contributed by atoms with Crippen molar-refractivity contribution in [1.82, 2.24) is 0 Å². The predicted molar refractivity (Wildman–Crippen MR) is 146 cm³/mol. The third-order valence-electron chi connectivity index (χ3n) is 3.09. The zero-order chi connectivity index (χ0) is 35.8. The van der Waals surface area contributed by atoms with Crippen molar-refractivity contribution in [1.29, 1.82) is 0 Å². The van der Waals surface area contributed by atoms with Gasteiger partial charge in [-0.05, 0) is 42.5 Å². The second-order valence-electron chi connectivity index (χ2n) is 5.78. The first-order valence-corrected chi connectivity index (χ1v) is 14.9. The Balaban J connectivity index is 0. The van der Waals surface area contributed by atoms with Crippen LogP contribution in [0.1, 0.15) is 8.22 Å². The summed E-state index contributed by atoms with van der Waals surface area (Å²) in [5, 5.41) is 8.54. The summed E-state index contributed by atoms with van der Waals surface area (Å²) in [5.74, 6) is -3.48. The molecule has 0 fully saturated rings. The highest BCUT2D eigenvalue weighted by molar-refractivity contribution is 8.13. The monoisotopic (exact) mass is 702 g/mol. The number of benzene rings is 3. The third kappa shape index (κ3) is 22.7. The van der Waals surface area contributed by atoms with Gasteiger partial charge in [-0.25, -0.2) is 21.6 Å². The van der Waals surface area contributed by atoms with Gasteiger partial charge >= 0.3 is 9.33 Å². The molecule has 8 nitrogen and oxygen atoms in total. The molecule has 0 amide bonds. The number of hydrogen-bond acceptors (Lipinski definition) is 7. The Bertz CT molecular complexity index is 1520. The molecule has 220 valence electrons. The highest BCUT2D eigenvalue weighted by Crippen LogP contribution is 2.22. The van der Waals surface area contributed by atoms with Crippen molar-refractivity contribution in [2.75, 3.05) is 14.1 Å². The number of para-hydroxylation sites is 2. The largest absolute Gasteiger partial charge is 0.505 e. The van der Waals surface area contributed by atoms with E-state index in [0.717, 1.165) is 18.2 Å². The second-order valence-corrected chi connectivity index (χ2v) is 12.3. The Morgan fingerprint density at radius 3 is 1.51 bits per heavy atom. The molecule has 0 saturated carbocycles. The number of phenols is 1. The molecule has 18 heteroatoms. The molecule has 3 aromatic carbocycles. The first kappa shape index (κ1) is 28.7. The fourth-order valence-corrected chi connectivity index (χ4v) is 2.46. The number of aromatic hydroxyl groups is 1. The topological polar surface area (TPSA) is 127 Å². The average Bonchev–Trinajstić information content (AvgIpc) is 2.81. The van der Waals surface area contributed by atoms with Crippen LogP contribution in [0.4, 0.5) is 13.2 Å². The summed E-state index contributed by atoms with van der Waals surface area (Å²) in [7, 11) is -4.62. The van der Waals surface area contributed by atoms with Gasteiger partial charge in [-0.1, -0.05) is 59.1 Å². The van der Waals surface area contributed by atoms with Gasteiger partial charge in [0.2, 0.25) is 0 Å². The van der Waals surface area contributed by atoms with Crippen LogP contribution in [0, 0.1) is 17.5 Å². The Kier molecular flexibility index (Phi) is 14.8. The van der Waals surface area contributed by atoms with E-state index < -0.39 is 64.9 Å². The Morgan fingerprint density at radius 2 is 1.18 bits per heavy atom. The first-order chi connectivity index (χ1) is 20.1. The van der Waals surface area contributed by atoms with E-state index >= 15 is 0 Å². The Labute approximate surface area is 255 Å². The maximum atomic E-state index is 13.2. The Hall–Kier alpha value is -1.84. The smallest absolute Gasteiger partial charge is 0.353 e. The van der Waals surface area contributed by atoms with Crippen LogP contribution in [-0.4, -0.2) is 44.9 Å². The van der Waals surface area contributed by atoms with Gasteiger partial charge in [-0.3, -0.25) is 4.55 Å². The molecule has 0 spiro atoms. The fourth-order valence-electron chi connectivity index (χ4n) is 1.70. The predicted octanol–water partition coefficient (Wildman–Crippen LogP) is 7.14. The lowest BCUT2D eigenvalue weighted by molar-refractivity contribution is 0.385. The van der Waals surface area contributed by atoms with E-state index in [0.29, 0.717) is 6.07 Å². The molecular formula is C21H20Cl5F3O8S2. The molecule has 0 aliphatic carbocycles. The quantitative estimate of drug-likeness (QED) is 0.167. The van der Waals surface area contributed by atoms with Crippen LogP contribution in [0.3, 0.4) is 0 Å². The van der Waals surface area contributed by atoms with Gasteiger partial charge in [0.1, 0.15) is 0 Å². The van der Waals surface area contributed by atoms with Crippen LogP contribution < -0.4 is 9.47 Å². The summed E-state index contributed by atoms with van der Waals surface area (Å²) in [4.78, 5) is -0.468. The van der Waals surface area contributed by atoms with Crippen LogP contribution in [0.15, 0.2) is 71.6 Å². The summed E-state index contributed by atoms with van der Waals surface area (Å²) in [6.07, 6.45) is 0. The molecular weight excluding hydrogens is 679 g/mol. The van der Waals surface area contributed by atoms with Crippen LogP contribution in [0.25, 0.3) is 0 Å². The third-order valence-corrected chi connectivity index (χ3v) is 4.45. The van der Waals surface area contributed by atoms with Gasteiger partial charge in [0.15, 0.2) is 39.0 Å². The molecule has 0 bridgehead atoms. The standard InChI is InChI=1S/C7H6ClFO3S.C7H7FO.C6H5FO.CHCl3.ClHO3S/c1-12-7-3-2-5(4-6(7)9)13(8,10)11;1-9-7-5-3-2-4-6(7)8;7-5-3-1-2-4-6(5)8;2-1(3)4;1-5(2,3)4/h2-4H,1H3;2-5H,1H3;1-4,8H;1H;(H,2,3,4)/i2*1D3;;;. The number of hydrogen-bond donors (Lipinski definition) is 2. The van der Waals surface area contributed by atoms with Gasteiger partial charge in [-0.2, -0.15) is 8.42 Å². The zero-order valence-electron chi connectivity index (χ0n) is 24.6. The molecule has 3 rings (SSSR count). The molecule has 3 aromatic rings. The fraction of sp³-hybridized carbons (Fsp3) is 0.143. The normalized spacial score (nSPS) is 13.1. The SMILES string of the molecule is ClC(Cl)Cl.O=S(=O)(O)Cl.Oc1ccccc1F.[2H]C([2H])([2H])Oc1ccc(S(=O)(=O)Cl)cc1F.[2H]C([2H])([2H])Oc1ccccc1F. The number of halogens is 8. The number of methoxy groups -OCH3 is 2. The molecule has 0 heterocycles. The van der Waals surface area contributed by atoms with Crippen LogP contribution in [0.5, 0.6) is 17.2 Å². The van der Waals surface area contributed by atoms with Crippen molar-refractivity contribution in [2.45, 2.75) is 9.19 Å². The van der Waals surface area contributed by atoms with E-state index in [2.05, 4.69) is 20.2 Å². The second kappa shape index (κ2) is 20.1. The van der Waals surface area contributed by atoms with Gasteiger partial charge in [0.05, 0.1) is 27.2 Å². The maximum Gasteiger partial charge on any atom is 0.353 e. The van der Waals surface area contributed by atoms with E-state index in [1.807, 2.05) is 0 Å². The summed E-state index contributed by atoms with van der Waals surface area (Å²) in [6.45, 7) is 0. The summed E-state index contributed by atoms with van der Waals surface area (Å²) in [5.41, 5.74) is 0. The van der Waals surface area contributed by atoms with Gasteiger partial charge in [0.25, 0.3) is 9.05 Å².